The molecule has 1 aromatic carbocycles. The van der Waals surface area contributed by atoms with E-state index in [1.54, 1.807) is 12.3 Å². The number of anilines is 1. The minimum Gasteiger partial charge on any atom is -0.494 e. The summed E-state index contributed by atoms with van der Waals surface area (Å²) < 4.78 is 32.7. The fourth-order valence-corrected chi connectivity index (χ4v) is 5.13. The van der Waals surface area contributed by atoms with Crippen LogP contribution >= 0.6 is 0 Å². The van der Waals surface area contributed by atoms with Gasteiger partial charge in [-0.1, -0.05) is 12.1 Å². The Morgan fingerprint density at radius 3 is 2.86 bits per heavy atom. The first-order valence-corrected chi connectivity index (χ1v) is 12.5. The Hall–Kier alpha value is -2.99. The molecule has 0 saturated carbocycles. The Morgan fingerprint density at radius 1 is 1.20 bits per heavy atom. The first-order chi connectivity index (χ1) is 16.9. The van der Waals surface area contributed by atoms with Crippen molar-refractivity contribution in [1.29, 1.82) is 0 Å². The molecule has 1 aliphatic carbocycles. The molecule has 4 nitrogen and oxygen atoms in total. The van der Waals surface area contributed by atoms with Gasteiger partial charge in [-0.3, -0.25) is 14.3 Å². The number of nitrogens with two attached hydrogens (primary N) is 1. The second-order valence-corrected chi connectivity index (χ2v) is 9.51. The lowest BCUT2D eigenvalue weighted by Gasteiger charge is -2.18. The van der Waals surface area contributed by atoms with E-state index in [9.17, 15) is 8.78 Å². The smallest absolute Gasteiger partial charge is 0.142 e. The summed E-state index contributed by atoms with van der Waals surface area (Å²) in [5.41, 5.74) is 13.3. The number of aryl methyl sites for hydroxylation is 1. The normalized spacial score (nSPS) is 19.6. The van der Waals surface area contributed by atoms with E-state index in [0.29, 0.717) is 6.42 Å². The number of halogens is 2. The Bertz CT molecular complexity index is 1140. The van der Waals surface area contributed by atoms with Crippen molar-refractivity contribution in [2.45, 2.75) is 52.1 Å². The summed E-state index contributed by atoms with van der Waals surface area (Å²) in [6.45, 7) is 6.36. The van der Waals surface area contributed by atoms with Gasteiger partial charge in [-0.2, -0.15) is 0 Å². The van der Waals surface area contributed by atoms with Crippen molar-refractivity contribution < 1.29 is 13.5 Å². The number of likely N-dealkylation sites (tertiary alicyclic amines) is 1. The first kappa shape index (κ1) is 25.1. The van der Waals surface area contributed by atoms with Crippen LogP contribution in [0.15, 0.2) is 60.1 Å². The predicted octanol–water partition coefficient (Wildman–Crippen LogP) is 6.35. The topological polar surface area (TPSA) is 51.4 Å². The maximum absolute atomic E-state index is 14.1. The quantitative estimate of drug-likeness (QED) is 0.272. The Kier molecular flexibility index (Phi) is 8.34. The van der Waals surface area contributed by atoms with Gasteiger partial charge in [-0.15, -0.1) is 0 Å². The van der Waals surface area contributed by atoms with E-state index in [2.05, 4.69) is 29.0 Å². The average molecular weight is 480 g/mol. The summed E-state index contributed by atoms with van der Waals surface area (Å²) in [7, 11) is 0. The molecule has 2 aromatic rings. The molecule has 1 unspecified atom stereocenters. The van der Waals surface area contributed by atoms with E-state index in [1.807, 2.05) is 25.1 Å². The van der Waals surface area contributed by atoms with E-state index in [4.69, 9.17) is 10.5 Å². The number of fused-ring (bicyclic) bond motifs is 1. The minimum absolute atomic E-state index is 0.134. The third-order valence-electron chi connectivity index (χ3n) is 6.78. The van der Waals surface area contributed by atoms with Gasteiger partial charge < -0.3 is 10.5 Å². The molecule has 1 aromatic heterocycles. The second-order valence-electron chi connectivity index (χ2n) is 9.51. The van der Waals surface area contributed by atoms with Crippen LogP contribution in [0.3, 0.4) is 0 Å². The Labute approximate surface area is 207 Å². The molecule has 0 spiro atoms. The van der Waals surface area contributed by atoms with Gasteiger partial charge in [0.2, 0.25) is 0 Å². The lowest BCUT2D eigenvalue weighted by atomic mass is 9.88. The molecule has 1 saturated heterocycles. The monoisotopic (exact) mass is 479 g/mol. The van der Waals surface area contributed by atoms with Crippen LogP contribution in [0.5, 0.6) is 0 Å². The van der Waals surface area contributed by atoms with Crippen LogP contribution in [0, 0.1) is 5.82 Å². The van der Waals surface area contributed by atoms with E-state index in [1.165, 1.54) is 11.8 Å². The Morgan fingerprint density at radius 2 is 2.06 bits per heavy atom. The van der Waals surface area contributed by atoms with Gasteiger partial charge in [-0.25, -0.2) is 4.39 Å². The maximum Gasteiger partial charge on any atom is 0.142 e. The number of ether oxygens (including phenoxy) is 1. The van der Waals surface area contributed by atoms with Crippen LogP contribution in [0.1, 0.15) is 56.2 Å². The zero-order valence-electron chi connectivity index (χ0n) is 20.7. The van der Waals surface area contributed by atoms with E-state index < -0.39 is 0 Å². The first-order valence-electron chi connectivity index (χ1n) is 12.5. The molecule has 2 aliphatic rings. The van der Waals surface area contributed by atoms with Crippen molar-refractivity contribution in [3.05, 3.63) is 82.7 Å². The summed E-state index contributed by atoms with van der Waals surface area (Å²) in [6, 6.07) is 7.62. The van der Waals surface area contributed by atoms with Crippen molar-refractivity contribution in [1.82, 2.24) is 9.88 Å². The van der Waals surface area contributed by atoms with Crippen LogP contribution in [0.2, 0.25) is 0 Å². The molecule has 0 amide bonds. The number of nitrogens with zero attached hydrogens (tertiary/aromatic N) is 2. The number of alkyl halides is 1. The maximum atomic E-state index is 14.1. The molecule has 1 fully saturated rings. The van der Waals surface area contributed by atoms with E-state index >= 15 is 0 Å². The van der Waals surface area contributed by atoms with Crippen molar-refractivity contribution in [2.75, 3.05) is 32.0 Å². The van der Waals surface area contributed by atoms with Crippen LogP contribution in [0.4, 0.5) is 14.5 Å². The Balaban J connectivity index is 1.63. The molecule has 2 heterocycles. The SMILES string of the molecule is C/C(=C\C=C(/C)C1=C(c2cncc(F)c2)CCCc2cc(N)ccc21)OC1CCN(CCCF)C1. The van der Waals surface area contributed by atoms with Crippen molar-refractivity contribution in [3.63, 3.8) is 0 Å². The number of allylic oxidation sites excluding steroid dienone is 6. The molecule has 0 radical (unpaired) electrons. The van der Waals surface area contributed by atoms with Crippen molar-refractivity contribution in [2.24, 2.45) is 0 Å². The van der Waals surface area contributed by atoms with Gasteiger partial charge in [-0.05, 0) is 104 Å². The average Bonchev–Trinajstić information content (AvgIpc) is 3.19. The van der Waals surface area contributed by atoms with E-state index in [-0.39, 0.29) is 18.6 Å². The molecule has 186 valence electrons. The lowest BCUT2D eigenvalue weighted by molar-refractivity contribution is 0.121. The highest BCUT2D eigenvalue weighted by molar-refractivity contribution is 5.99. The van der Waals surface area contributed by atoms with Crippen LogP contribution in [-0.2, 0) is 11.2 Å². The zero-order valence-corrected chi connectivity index (χ0v) is 20.7. The summed E-state index contributed by atoms with van der Waals surface area (Å²) in [6.07, 6.45) is 11.4. The molecule has 6 heteroatoms. The van der Waals surface area contributed by atoms with Gasteiger partial charge >= 0.3 is 0 Å². The number of pyridine rings is 1. The molecule has 2 N–H and O–H groups in total. The molecule has 4 rings (SSSR count). The number of rotatable bonds is 8. The van der Waals surface area contributed by atoms with Gasteiger partial charge in [0.25, 0.3) is 0 Å². The highest BCUT2D eigenvalue weighted by Gasteiger charge is 2.23. The lowest BCUT2D eigenvalue weighted by Crippen LogP contribution is -2.24. The largest absolute Gasteiger partial charge is 0.494 e. The summed E-state index contributed by atoms with van der Waals surface area (Å²) in [5, 5.41) is 0. The molecule has 0 bridgehead atoms. The highest BCUT2D eigenvalue weighted by Crippen LogP contribution is 2.40. The zero-order chi connectivity index (χ0) is 24.8. The summed E-state index contributed by atoms with van der Waals surface area (Å²) >= 11 is 0. The summed E-state index contributed by atoms with van der Waals surface area (Å²) in [4.78, 5) is 6.37. The van der Waals surface area contributed by atoms with Gasteiger partial charge in [0.05, 0.1) is 18.6 Å². The highest BCUT2D eigenvalue weighted by atomic mass is 19.1. The number of benzene rings is 1. The van der Waals surface area contributed by atoms with Gasteiger partial charge in [0, 0.05) is 31.5 Å². The standard InChI is InChI=1S/C29H35F2N3O/c1-20(7-8-21(2)35-26-11-14-34(19-26)13-4-12-30)29-27(23-15-24(31)18-33-17-23)6-3-5-22-16-25(32)9-10-28(22)29/h7-10,15-18,26H,3-6,11-14,19,32H2,1-2H3/b20-7+,21-8+. The minimum atomic E-state index is -0.334. The number of hydrogen-bond donors (Lipinski definition) is 1. The molecular weight excluding hydrogens is 444 g/mol. The van der Waals surface area contributed by atoms with Crippen molar-refractivity contribution >= 4 is 16.8 Å². The van der Waals surface area contributed by atoms with E-state index in [0.717, 1.165) is 84.6 Å². The fraction of sp³-hybridized carbons (Fsp3) is 0.414. The van der Waals surface area contributed by atoms with Gasteiger partial charge in [0.15, 0.2) is 0 Å². The third-order valence-corrected chi connectivity index (χ3v) is 6.78. The molecule has 35 heavy (non-hydrogen) atoms. The number of hydrogen-bond acceptors (Lipinski definition) is 4. The summed E-state index contributed by atoms with van der Waals surface area (Å²) in [5.74, 6) is 0.515. The van der Waals surface area contributed by atoms with Crippen LogP contribution in [0.25, 0.3) is 11.1 Å². The van der Waals surface area contributed by atoms with Crippen LogP contribution in [-0.4, -0.2) is 42.3 Å². The number of aromatic nitrogens is 1. The van der Waals surface area contributed by atoms with Crippen LogP contribution < -0.4 is 5.73 Å². The molecular formula is C29H35F2N3O. The predicted molar refractivity (Wildman–Crippen MR) is 139 cm³/mol. The number of nitrogen functional groups attached to an aromatic ring is 1. The second kappa shape index (κ2) is 11.6. The van der Waals surface area contributed by atoms with Gasteiger partial charge in [0.1, 0.15) is 11.9 Å². The van der Waals surface area contributed by atoms with Crippen molar-refractivity contribution in [3.8, 4) is 0 Å². The molecule has 1 aliphatic heterocycles. The molecule has 1 atom stereocenters. The fourth-order valence-electron chi connectivity index (χ4n) is 5.13. The third kappa shape index (κ3) is 6.37.